The van der Waals surface area contributed by atoms with Gasteiger partial charge in [0.05, 0.1) is 0 Å². The van der Waals surface area contributed by atoms with Crippen molar-refractivity contribution >= 4 is 45.1 Å². The number of halogens is 1. The average molecular weight is 418 g/mol. The van der Waals surface area contributed by atoms with E-state index in [4.69, 9.17) is 4.74 Å². The molecule has 5 heteroatoms. The van der Waals surface area contributed by atoms with E-state index in [9.17, 15) is 4.79 Å². The van der Waals surface area contributed by atoms with E-state index in [0.29, 0.717) is 11.6 Å². The maximum Gasteiger partial charge on any atom is 0.263 e. The van der Waals surface area contributed by atoms with Gasteiger partial charge in [-0.05, 0) is 52.6 Å². The molecule has 23 heavy (non-hydrogen) atoms. The Morgan fingerprint density at radius 3 is 2.83 bits per heavy atom. The Bertz CT molecular complexity index is 859. The Balaban J connectivity index is 1.69. The molecule has 2 aromatic carbocycles. The van der Waals surface area contributed by atoms with Gasteiger partial charge < -0.3 is 10.1 Å². The summed E-state index contributed by atoms with van der Waals surface area (Å²) >= 11 is 2.19. The van der Waals surface area contributed by atoms with Crippen LogP contribution in [-0.2, 0) is 4.79 Å². The Labute approximate surface area is 148 Å². The Hall–Kier alpha value is -2.15. The number of ether oxygens (including phenoxy) is 1. The van der Waals surface area contributed by atoms with Crippen LogP contribution in [0.1, 0.15) is 5.56 Å². The number of hydrogen-bond donors (Lipinski definition) is 1. The molecule has 0 aliphatic rings. The van der Waals surface area contributed by atoms with Gasteiger partial charge in [0.15, 0.2) is 6.61 Å². The minimum Gasteiger partial charge on any atom is -0.483 e. The van der Waals surface area contributed by atoms with Crippen LogP contribution in [0.2, 0.25) is 0 Å². The number of benzene rings is 2. The number of fused-ring (bicyclic) bond motifs is 1. The maximum absolute atomic E-state index is 12.1. The van der Waals surface area contributed by atoms with Gasteiger partial charge in [0.25, 0.3) is 5.91 Å². The highest BCUT2D eigenvalue weighted by Crippen LogP contribution is 2.25. The van der Waals surface area contributed by atoms with E-state index in [1.165, 1.54) is 0 Å². The van der Waals surface area contributed by atoms with E-state index in [2.05, 4.69) is 32.9 Å². The predicted molar refractivity (Wildman–Crippen MR) is 99.8 cm³/mol. The summed E-state index contributed by atoms with van der Waals surface area (Å²) in [6.07, 6.45) is 1.72. The molecular formula is C18H15IN2O2. The summed E-state index contributed by atoms with van der Waals surface area (Å²) in [5, 5.41) is 4.85. The average Bonchev–Trinajstić information content (AvgIpc) is 2.55. The predicted octanol–water partition coefficient (Wildman–Crippen LogP) is 4.17. The molecule has 1 N–H and O–H groups in total. The van der Waals surface area contributed by atoms with Crippen molar-refractivity contribution in [2.24, 2.45) is 0 Å². The van der Waals surface area contributed by atoms with E-state index >= 15 is 0 Å². The first kappa shape index (κ1) is 15.7. The van der Waals surface area contributed by atoms with Gasteiger partial charge in [-0.1, -0.05) is 36.4 Å². The zero-order valence-corrected chi connectivity index (χ0v) is 14.7. The second-order valence-corrected chi connectivity index (χ2v) is 6.38. The van der Waals surface area contributed by atoms with Crippen LogP contribution >= 0.6 is 22.6 Å². The summed E-state index contributed by atoms with van der Waals surface area (Å²) in [6, 6.07) is 15.7. The van der Waals surface area contributed by atoms with Crippen LogP contribution in [0.3, 0.4) is 0 Å². The van der Waals surface area contributed by atoms with Gasteiger partial charge in [-0.3, -0.25) is 4.79 Å². The van der Waals surface area contributed by atoms with Gasteiger partial charge in [0.1, 0.15) is 11.6 Å². The molecule has 0 aliphatic heterocycles. The second kappa shape index (κ2) is 6.95. The van der Waals surface area contributed by atoms with Gasteiger partial charge in [0.2, 0.25) is 0 Å². The smallest absolute Gasteiger partial charge is 0.263 e. The molecule has 0 saturated carbocycles. The summed E-state index contributed by atoms with van der Waals surface area (Å²) in [5.41, 5.74) is 0.926. The van der Waals surface area contributed by atoms with Crippen LogP contribution in [0.5, 0.6) is 5.75 Å². The zero-order valence-electron chi connectivity index (χ0n) is 12.5. The van der Waals surface area contributed by atoms with Crippen LogP contribution in [-0.4, -0.2) is 17.5 Å². The Morgan fingerprint density at radius 2 is 2.00 bits per heavy atom. The minimum absolute atomic E-state index is 0.0545. The van der Waals surface area contributed by atoms with Crippen LogP contribution in [0.25, 0.3) is 10.8 Å². The van der Waals surface area contributed by atoms with E-state index < -0.39 is 0 Å². The zero-order chi connectivity index (χ0) is 16.2. The maximum atomic E-state index is 12.1. The third-order valence-electron chi connectivity index (χ3n) is 3.41. The highest BCUT2D eigenvalue weighted by atomic mass is 127. The lowest BCUT2D eigenvalue weighted by Gasteiger charge is -2.10. The standard InChI is InChI=1S/C18H15IN2O2/c1-12-9-14(19)10-20-18(12)21-17(22)11-23-16-8-4-6-13-5-2-3-7-15(13)16/h2-10H,11H2,1H3,(H,20,21,22). The number of pyridine rings is 1. The van der Waals surface area contributed by atoms with Gasteiger partial charge in [-0.25, -0.2) is 4.98 Å². The van der Waals surface area contributed by atoms with Crippen molar-refractivity contribution < 1.29 is 9.53 Å². The van der Waals surface area contributed by atoms with Crippen LogP contribution in [0.4, 0.5) is 5.82 Å². The number of carbonyl (C=O) groups excluding carboxylic acids is 1. The van der Waals surface area contributed by atoms with E-state index in [0.717, 1.165) is 19.9 Å². The molecule has 3 aromatic rings. The van der Waals surface area contributed by atoms with E-state index in [-0.39, 0.29) is 12.5 Å². The van der Waals surface area contributed by atoms with Crippen molar-refractivity contribution in [3.05, 3.63) is 63.9 Å². The molecule has 4 nitrogen and oxygen atoms in total. The monoisotopic (exact) mass is 418 g/mol. The van der Waals surface area contributed by atoms with Crippen LogP contribution in [0, 0.1) is 10.5 Å². The number of nitrogens with zero attached hydrogens (tertiary/aromatic N) is 1. The molecule has 116 valence electrons. The molecule has 0 fully saturated rings. The number of aryl methyl sites for hydroxylation is 1. The summed E-state index contributed by atoms with van der Waals surface area (Å²) in [6.45, 7) is 1.86. The number of amides is 1. The van der Waals surface area contributed by atoms with Gasteiger partial charge in [0, 0.05) is 15.2 Å². The van der Waals surface area contributed by atoms with Gasteiger partial charge >= 0.3 is 0 Å². The van der Waals surface area contributed by atoms with Crippen molar-refractivity contribution in [3.8, 4) is 5.75 Å². The molecule has 0 saturated heterocycles. The molecule has 3 rings (SSSR count). The van der Waals surface area contributed by atoms with Crippen molar-refractivity contribution in [2.75, 3.05) is 11.9 Å². The molecule has 0 aliphatic carbocycles. The van der Waals surface area contributed by atoms with Crippen LogP contribution < -0.4 is 10.1 Å². The highest BCUT2D eigenvalue weighted by Gasteiger charge is 2.08. The molecule has 1 heterocycles. The fourth-order valence-electron chi connectivity index (χ4n) is 2.30. The largest absolute Gasteiger partial charge is 0.483 e. The fraction of sp³-hybridized carbons (Fsp3) is 0.111. The third kappa shape index (κ3) is 3.79. The molecule has 1 amide bonds. The summed E-state index contributed by atoms with van der Waals surface area (Å²) < 4.78 is 6.71. The van der Waals surface area contributed by atoms with Crippen molar-refractivity contribution in [2.45, 2.75) is 6.92 Å². The number of carbonyl (C=O) groups is 1. The number of hydrogen-bond acceptors (Lipinski definition) is 3. The number of rotatable bonds is 4. The van der Waals surface area contributed by atoms with E-state index in [1.54, 1.807) is 6.20 Å². The second-order valence-electron chi connectivity index (χ2n) is 5.13. The summed E-state index contributed by atoms with van der Waals surface area (Å²) in [5.74, 6) is 1.04. The Morgan fingerprint density at radius 1 is 1.22 bits per heavy atom. The first-order valence-corrected chi connectivity index (χ1v) is 8.24. The third-order valence-corrected chi connectivity index (χ3v) is 4.00. The topological polar surface area (TPSA) is 51.2 Å². The molecule has 0 unspecified atom stereocenters. The quantitative estimate of drug-likeness (QED) is 0.648. The lowest BCUT2D eigenvalue weighted by Crippen LogP contribution is -2.21. The molecule has 0 spiro atoms. The lowest BCUT2D eigenvalue weighted by molar-refractivity contribution is -0.118. The SMILES string of the molecule is Cc1cc(I)cnc1NC(=O)COc1cccc2ccccc12. The molecular weight excluding hydrogens is 403 g/mol. The summed E-state index contributed by atoms with van der Waals surface area (Å²) in [7, 11) is 0. The van der Waals surface area contributed by atoms with Gasteiger partial charge in [-0.2, -0.15) is 0 Å². The normalized spacial score (nSPS) is 10.5. The van der Waals surface area contributed by atoms with Crippen molar-refractivity contribution in [1.82, 2.24) is 4.98 Å². The van der Waals surface area contributed by atoms with Crippen molar-refractivity contribution in [1.29, 1.82) is 0 Å². The minimum atomic E-state index is -0.227. The van der Waals surface area contributed by atoms with Gasteiger partial charge in [-0.15, -0.1) is 0 Å². The number of aromatic nitrogens is 1. The molecule has 0 bridgehead atoms. The molecule has 0 radical (unpaired) electrons. The van der Waals surface area contributed by atoms with Crippen molar-refractivity contribution in [3.63, 3.8) is 0 Å². The lowest BCUT2D eigenvalue weighted by atomic mass is 10.1. The molecule has 1 aromatic heterocycles. The highest BCUT2D eigenvalue weighted by molar-refractivity contribution is 14.1. The fourth-order valence-corrected chi connectivity index (χ4v) is 2.91. The summed E-state index contributed by atoms with van der Waals surface area (Å²) in [4.78, 5) is 16.3. The molecule has 0 atom stereocenters. The first-order valence-electron chi connectivity index (χ1n) is 7.16. The first-order chi connectivity index (χ1) is 11.1. The number of anilines is 1. The Kier molecular flexibility index (Phi) is 4.76. The van der Waals surface area contributed by atoms with E-state index in [1.807, 2.05) is 55.5 Å². The van der Waals surface area contributed by atoms with Crippen LogP contribution in [0.15, 0.2) is 54.7 Å². The number of nitrogens with one attached hydrogen (secondary N) is 1.